The summed E-state index contributed by atoms with van der Waals surface area (Å²) in [5.74, 6) is 0.784. The lowest BCUT2D eigenvalue weighted by molar-refractivity contribution is -0.134. The summed E-state index contributed by atoms with van der Waals surface area (Å²) in [7, 11) is 1.80. The van der Waals surface area contributed by atoms with Crippen LogP contribution in [0.15, 0.2) is 4.52 Å². The second-order valence-corrected chi connectivity index (χ2v) is 4.72. The van der Waals surface area contributed by atoms with E-state index in [9.17, 15) is 4.79 Å². The Morgan fingerprint density at radius 1 is 1.50 bits per heavy atom. The number of carbonyl (C=O) groups excluding carboxylic acids is 1. The van der Waals surface area contributed by atoms with Crippen LogP contribution in [0.4, 0.5) is 0 Å². The molecule has 18 heavy (non-hydrogen) atoms. The third kappa shape index (κ3) is 3.32. The predicted molar refractivity (Wildman–Crippen MR) is 69.9 cm³/mol. The van der Waals surface area contributed by atoms with Crippen LogP contribution in [0.3, 0.4) is 0 Å². The Labute approximate surface area is 108 Å². The van der Waals surface area contributed by atoms with Gasteiger partial charge in [-0.3, -0.25) is 4.79 Å². The average Bonchev–Trinajstić information content (AvgIpc) is 2.66. The van der Waals surface area contributed by atoms with Gasteiger partial charge in [0.05, 0.1) is 18.2 Å². The lowest BCUT2D eigenvalue weighted by atomic mass is 10.0. The van der Waals surface area contributed by atoms with Gasteiger partial charge in [-0.1, -0.05) is 18.5 Å². The Balaban J connectivity index is 2.70. The highest BCUT2D eigenvalue weighted by atomic mass is 16.5. The van der Waals surface area contributed by atoms with Gasteiger partial charge in [-0.15, -0.1) is 0 Å². The number of carbonyl (C=O) groups is 1. The number of aryl methyl sites for hydroxylation is 2. The van der Waals surface area contributed by atoms with Gasteiger partial charge in [0.25, 0.3) is 0 Å². The number of amides is 1. The van der Waals surface area contributed by atoms with Crippen LogP contribution in [0.2, 0.25) is 0 Å². The Kier molecular flexibility index (Phi) is 5.34. The highest BCUT2D eigenvalue weighted by Crippen LogP contribution is 2.16. The minimum absolute atomic E-state index is 0.0829. The summed E-state index contributed by atoms with van der Waals surface area (Å²) in [5, 5.41) is 3.89. The topological polar surface area (TPSA) is 72.4 Å². The molecule has 0 aromatic carbocycles. The minimum Gasteiger partial charge on any atom is -0.361 e. The minimum atomic E-state index is -0.0829. The third-order valence-corrected chi connectivity index (χ3v) is 3.22. The molecule has 1 heterocycles. The number of aromatic nitrogens is 1. The molecule has 0 saturated heterocycles. The van der Waals surface area contributed by atoms with E-state index in [0.29, 0.717) is 13.1 Å². The number of hydrogen-bond donors (Lipinski definition) is 1. The molecular formula is C13H23N3O2. The maximum atomic E-state index is 12.2. The molecule has 1 aromatic heterocycles. The SMILES string of the molecule is CCCC(CN)C(=O)N(C)Cc1c(C)noc1C. The zero-order chi connectivity index (χ0) is 13.7. The number of hydrogen-bond acceptors (Lipinski definition) is 4. The summed E-state index contributed by atoms with van der Waals surface area (Å²) in [6.07, 6.45) is 1.80. The van der Waals surface area contributed by atoms with E-state index in [1.165, 1.54) is 0 Å². The van der Waals surface area contributed by atoms with E-state index >= 15 is 0 Å². The van der Waals surface area contributed by atoms with Gasteiger partial charge < -0.3 is 15.2 Å². The van der Waals surface area contributed by atoms with E-state index in [4.69, 9.17) is 10.3 Å². The van der Waals surface area contributed by atoms with Crippen LogP contribution in [0, 0.1) is 19.8 Å². The first-order valence-electron chi connectivity index (χ1n) is 6.38. The first-order valence-corrected chi connectivity index (χ1v) is 6.38. The average molecular weight is 253 g/mol. The van der Waals surface area contributed by atoms with E-state index in [1.54, 1.807) is 11.9 Å². The second-order valence-electron chi connectivity index (χ2n) is 4.72. The van der Waals surface area contributed by atoms with E-state index in [1.807, 2.05) is 13.8 Å². The van der Waals surface area contributed by atoms with E-state index in [-0.39, 0.29) is 11.8 Å². The van der Waals surface area contributed by atoms with Gasteiger partial charge in [0, 0.05) is 19.2 Å². The van der Waals surface area contributed by atoms with Crippen LogP contribution < -0.4 is 5.73 Å². The van der Waals surface area contributed by atoms with Crippen LogP contribution in [-0.2, 0) is 11.3 Å². The smallest absolute Gasteiger partial charge is 0.227 e. The molecule has 0 fully saturated rings. The van der Waals surface area contributed by atoms with Crippen molar-refractivity contribution in [3.8, 4) is 0 Å². The zero-order valence-electron chi connectivity index (χ0n) is 11.7. The highest BCUT2D eigenvalue weighted by Gasteiger charge is 2.21. The molecule has 0 radical (unpaired) electrons. The molecule has 0 spiro atoms. The van der Waals surface area contributed by atoms with Crippen LogP contribution in [0.5, 0.6) is 0 Å². The molecule has 5 nitrogen and oxygen atoms in total. The molecule has 5 heteroatoms. The first-order chi connectivity index (χ1) is 8.51. The molecule has 0 aliphatic rings. The van der Waals surface area contributed by atoms with Crippen molar-refractivity contribution in [1.82, 2.24) is 10.1 Å². The van der Waals surface area contributed by atoms with Gasteiger partial charge in [-0.2, -0.15) is 0 Å². The van der Waals surface area contributed by atoms with Crippen molar-refractivity contribution in [2.24, 2.45) is 11.7 Å². The molecule has 1 unspecified atom stereocenters. The molecule has 0 saturated carbocycles. The Morgan fingerprint density at radius 2 is 2.17 bits per heavy atom. The zero-order valence-corrected chi connectivity index (χ0v) is 11.7. The van der Waals surface area contributed by atoms with E-state index in [2.05, 4.69) is 12.1 Å². The Bertz CT molecular complexity index is 381. The second kappa shape index (κ2) is 6.54. The van der Waals surface area contributed by atoms with Crippen molar-refractivity contribution in [1.29, 1.82) is 0 Å². The summed E-state index contributed by atoms with van der Waals surface area (Å²) in [6.45, 7) is 6.74. The van der Waals surface area contributed by atoms with Crippen LogP contribution in [0.25, 0.3) is 0 Å². The lowest BCUT2D eigenvalue weighted by Crippen LogP contribution is -2.36. The third-order valence-electron chi connectivity index (χ3n) is 3.22. The fourth-order valence-corrected chi connectivity index (χ4v) is 2.04. The summed E-state index contributed by atoms with van der Waals surface area (Å²) < 4.78 is 5.10. The van der Waals surface area contributed by atoms with Gasteiger partial charge in [0.15, 0.2) is 0 Å². The van der Waals surface area contributed by atoms with Crippen molar-refractivity contribution >= 4 is 5.91 Å². The molecule has 0 aliphatic heterocycles. The summed E-state index contributed by atoms with van der Waals surface area (Å²) in [6, 6.07) is 0. The predicted octanol–water partition coefficient (Wildman–Crippen LogP) is 1.62. The molecular weight excluding hydrogens is 230 g/mol. The largest absolute Gasteiger partial charge is 0.361 e. The van der Waals surface area contributed by atoms with E-state index < -0.39 is 0 Å². The maximum Gasteiger partial charge on any atom is 0.227 e. The fourth-order valence-electron chi connectivity index (χ4n) is 2.04. The Hall–Kier alpha value is -1.36. The van der Waals surface area contributed by atoms with Crippen molar-refractivity contribution in [3.05, 3.63) is 17.0 Å². The highest BCUT2D eigenvalue weighted by molar-refractivity contribution is 5.78. The molecule has 0 bridgehead atoms. The lowest BCUT2D eigenvalue weighted by Gasteiger charge is -2.22. The van der Waals surface area contributed by atoms with Gasteiger partial charge >= 0.3 is 0 Å². The van der Waals surface area contributed by atoms with Crippen LogP contribution in [0.1, 0.15) is 36.8 Å². The molecule has 1 aromatic rings. The maximum absolute atomic E-state index is 12.2. The Morgan fingerprint density at radius 3 is 2.61 bits per heavy atom. The standard InChI is InChI=1S/C13H23N3O2/c1-5-6-11(7-14)13(17)16(4)8-12-9(2)15-18-10(12)3/h11H,5-8,14H2,1-4H3. The summed E-state index contributed by atoms with van der Waals surface area (Å²) in [5.41, 5.74) is 7.48. The monoisotopic (exact) mass is 253 g/mol. The van der Waals surface area contributed by atoms with Crippen LogP contribution >= 0.6 is 0 Å². The number of nitrogens with two attached hydrogens (primary N) is 1. The van der Waals surface area contributed by atoms with Crippen LogP contribution in [-0.4, -0.2) is 29.6 Å². The van der Waals surface area contributed by atoms with Crippen molar-refractivity contribution in [3.63, 3.8) is 0 Å². The van der Waals surface area contributed by atoms with Crippen molar-refractivity contribution in [2.75, 3.05) is 13.6 Å². The molecule has 1 amide bonds. The summed E-state index contributed by atoms with van der Waals surface area (Å²) >= 11 is 0. The summed E-state index contributed by atoms with van der Waals surface area (Å²) in [4.78, 5) is 13.9. The van der Waals surface area contributed by atoms with E-state index in [0.717, 1.165) is 29.9 Å². The molecule has 1 atom stereocenters. The fraction of sp³-hybridized carbons (Fsp3) is 0.692. The molecule has 102 valence electrons. The molecule has 0 aliphatic carbocycles. The van der Waals surface area contributed by atoms with Gasteiger partial charge in [-0.25, -0.2) is 0 Å². The first kappa shape index (κ1) is 14.7. The van der Waals surface area contributed by atoms with Crippen molar-refractivity contribution < 1.29 is 9.32 Å². The van der Waals surface area contributed by atoms with Gasteiger partial charge in [0.2, 0.25) is 5.91 Å². The molecule has 2 N–H and O–H groups in total. The quantitative estimate of drug-likeness (QED) is 0.836. The van der Waals surface area contributed by atoms with Gasteiger partial charge in [-0.05, 0) is 20.3 Å². The normalized spacial score (nSPS) is 12.5. The molecule has 1 rings (SSSR count). The number of rotatable bonds is 6. The van der Waals surface area contributed by atoms with Gasteiger partial charge in [0.1, 0.15) is 5.76 Å². The number of nitrogens with zero attached hydrogens (tertiary/aromatic N) is 2. The van der Waals surface area contributed by atoms with Crippen molar-refractivity contribution in [2.45, 2.75) is 40.2 Å².